The van der Waals surface area contributed by atoms with Gasteiger partial charge in [0.05, 0.1) is 20.5 Å². The van der Waals surface area contributed by atoms with Crippen molar-refractivity contribution >= 4 is 14.1 Å². The van der Waals surface area contributed by atoms with Crippen LogP contribution >= 0.6 is 7.82 Å². The average Bonchev–Trinajstić information content (AvgIpc) is 2.21. The number of carbonyl (C=O) groups is 1. The summed E-state index contributed by atoms with van der Waals surface area (Å²) in [7, 11) is -5.27. The summed E-state index contributed by atoms with van der Waals surface area (Å²) >= 11 is 0. The molecule has 0 spiro atoms. The van der Waals surface area contributed by atoms with Crippen LogP contribution in [0.15, 0.2) is 0 Å². The highest BCUT2D eigenvalue weighted by atomic mass is 31.2. The first-order valence-corrected chi connectivity index (χ1v) is 5.56. The van der Waals surface area contributed by atoms with Crippen LogP contribution in [-0.4, -0.2) is 52.6 Å². The Kier molecular flexibility index (Phi) is 6.23. The molecule has 0 amide bonds. The van der Waals surface area contributed by atoms with Crippen LogP contribution in [0.1, 0.15) is 0 Å². The van der Waals surface area contributed by atoms with Gasteiger partial charge in [-0.1, -0.05) is 0 Å². The van der Waals surface area contributed by atoms with Crippen LogP contribution in [0.2, 0.25) is 0 Å². The maximum Gasteiger partial charge on any atom is 0.139 e. The second-order valence-electron chi connectivity index (χ2n) is 3.00. The lowest BCUT2D eigenvalue weighted by Gasteiger charge is -2.31. The summed E-state index contributed by atoms with van der Waals surface area (Å²) in [5.74, 6) is 0. The molecule has 0 fully saturated rings. The van der Waals surface area contributed by atoms with Crippen molar-refractivity contribution in [1.82, 2.24) is 0 Å². The van der Waals surface area contributed by atoms with Crippen molar-refractivity contribution in [2.75, 3.05) is 6.61 Å². The van der Waals surface area contributed by atoms with E-state index >= 15 is 0 Å². The Balaban J connectivity index is 4.22. The minimum Gasteiger partial charge on any atom is -0.790 e. The topological polar surface area (TPSA) is 176 Å². The molecule has 0 aliphatic carbocycles. The molecular weight excluding hydrogens is 245 g/mol. The number of phosphoric acid groups is 1. The number of aliphatic hydroxyl groups is 3. The van der Waals surface area contributed by atoms with E-state index in [4.69, 9.17) is 15.9 Å². The van der Waals surface area contributed by atoms with E-state index in [1.54, 1.807) is 0 Å². The predicted octanol–water partition coefficient (Wildman–Crippen LogP) is -4.56. The molecule has 9 nitrogen and oxygen atoms in total. The molecule has 0 saturated carbocycles. The molecule has 96 valence electrons. The molecule has 0 aromatic carbocycles. The zero-order chi connectivity index (χ0) is 12.9. The standard InChI is InChI=1S/C6H14NO8P/c7-3(1-8)5(10)6(11)4(9)2-15-16(12,13)14/h1,3-6,9-11H,2,7H2,(H2,12,13,14)/p-2/t3-,4+,5+,6+/m0/s1. The van der Waals surface area contributed by atoms with Crippen molar-refractivity contribution in [3.05, 3.63) is 0 Å². The summed E-state index contributed by atoms with van der Waals surface area (Å²) in [6.07, 6.45) is -5.44. The van der Waals surface area contributed by atoms with Crippen LogP contribution in [0.5, 0.6) is 0 Å². The van der Waals surface area contributed by atoms with E-state index in [9.17, 15) is 24.3 Å². The van der Waals surface area contributed by atoms with Gasteiger partial charge in [-0.2, -0.15) is 0 Å². The number of aliphatic hydroxyl groups excluding tert-OH is 3. The molecule has 10 heteroatoms. The SMILES string of the molecule is N[C@@H](C=O)[C@@H](O)[C@H](O)[C@H](O)COP(=O)([O-])[O-]. The first kappa shape index (κ1) is 15.6. The fraction of sp³-hybridized carbons (Fsp3) is 0.833. The van der Waals surface area contributed by atoms with E-state index in [2.05, 4.69) is 4.52 Å². The van der Waals surface area contributed by atoms with Gasteiger partial charge in [-0.15, -0.1) is 0 Å². The van der Waals surface area contributed by atoms with Crippen molar-refractivity contribution < 1.29 is 39.0 Å². The number of aldehydes is 1. The lowest BCUT2D eigenvalue weighted by Crippen LogP contribution is -2.50. The summed E-state index contributed by atoms with van der Waals surface area (Å²) in [6, 6.07) is -1.45. The molecule has 0 rings (SSSR count). The Hall–Kier alpha value is -0.380. The van der Waals surface area contributed by atoms with Gasteiger partial charge >= 0.3 is 0 Å². The Labute approximate surface area is 90.7 Å². The zero-order valence-electron chi connectivity index (χ0n) is 8.00. The normalized spacial score (nSPS) is 19.9. The average molecular weight is 257 g/mol. The highest BCUT2D eigenvalue weighted by Gasteiger charge is 2.29. The number of rotatable bonds is 7. The second kappa shape index (κ2) is 6.38. The fourth-order valence-corrected chi connectivity index (χ4v) is 1.14. The molecular formula is C6H12NO8P-2. The maximum atomic E-state index is 10.1. The molecule has 0 unspecified atom stereocenters. The summed E-state index contributed by atoms with van der Waals surface area (Å²) in [4.78, 5) is 30.2. The third-order valence-electron chi connectivity index (χ3n) is 1.70. The van der Waals surface area contributed by atoms with Gasteiger partial charge in [-0.25, -0.2) is 0 Å². The predicted molar refractivity (Wildman–Crippen MR) is 45.6 cm³/mol. The van der Waals surface area contributed by atoms with Gasteiger partial charge in [0.2, 0.25) is 0 Å². The van der Waals surface area contributed by atoms with Gasteiger partial charge in [-0.05, 0) is 0 Å². The molecule has 5 N–H and O–H groups in total. The molecule has 0 aromatic rings. The molecule has 0 radical (unpaired) electrons. The smallest absolute Gasteiger partial charge is 0.139 e. The van der Waals surface area contributed by atoms with Gasteiger partial charge in [-0.3, -0.25) is 0 Å². The second-order valence-corrected chi connectivity index (χ2v) is 4.16. The lowest BCUT2D eigenvalue weighted by atomic mass is 10.0. The largest absolute Gasteiger partial charge is 0.790 e. The number of carbonyl (C=O) groups excluding carboxylic acids is 1. The van der Waals surface area contributed by atoms with E-state index in [1.165, 1.54) is 0 Å². The highest BCUT2D eigenvalue weighted by molar-refractivity contribution is 7.43. The molecule has 0 aliphatic heterocycles. The summed E-state index contributed by atoms with van der Waals surface area (Å²) in [5.41, 5.74) is 5.03. The first-order chi connectivity index (χ1) is 7.19. The van der Waals surface area contributed by atoms with Gasteiger partial charge in [0.25, 0.3) is 0 Å². The van der Waals surface area contributed by atoms with Gasteiger partial charge in [0.15, 0.2) is 0 Å². The molecule has 0 heterocycles. The number of hydrogen-bond acceptors (Lipinski definition) is 9. The number of phosphoric ester groups is 1. The maximum absolute atomic E-state index is 10.1. The molecule has 0 aromatic heterocycles. The quantitative estimate of drug-likeness (QED) is 0.258. The summed E-state index contributed by atoms with van der Waals surface area (Å²) in [6.45, 7) is -1.03. The highest BCUT2D eigenvalue weighted by Crippen LogP contribution is 2.24. The van der Waals surface area contributed by atoms with Crippen LogP contribution in [0.4, 0.5) is 0 Å². The van der Waals surface area contributed by atoms with E-state index < -0.39 is 38.8 Å². The Bertz CT molecular complexity index is 267. The van der Waals surface area contributed by atoms with Gasteiger partial charge in [0.1, 0.15) is 24.6 Å². The van der Waals surface area contributed by atoms with Crippen LogP contribution < -0.4 is 15.5 Å². The Morgan fingerprint density at radius 2 is 1.81 bits per heavy atom. The van der Waals surface area contributed by atoms with Crippen molar-refractivity contribution in [2.24, 2.45) is 5.73 Å². The monoisotopic (exact) mass is 257 g/mol. The molecule has 0 aliphatic rings. The molecule has 4 atom stereocenters. The third-order valence-corrected chi connectivity index (χ3v) is 2.16. The van der Waals surface area contributed by atoms with Crippen molar-refractivity contribution in [3.63, 3.8) is 0 Å². The van der Waals surface area contributed by atoms with E-state index in [1.807, 2.05) is 0 Å². The van der Waals surface area contributed by atoms with Crippen LogP contribution in [-0.2, 0) is 13.9 Å². The third kappa shape index (κ3) is 5.64. The minimum absolute atomic E-state index is 0.132. The lowest BCUT2D eigenvalue weighted by molar-refractivity contribution is -0.343. The van der Waals surface area contributed by atoms with Crippen molar-refractivity contribution in [1.29, 1.82) is 0 Å². The summed E-state index contributed by atoms with van der Waals surface area (Å²) in [5, 5.41) is 27.4. The molecule has 0 bridgehead atoms. The van der Waals surface area contributed by atoms with Gasteiger partial charge < -0.3 is 44.7 Å². The zero-order valence-corrected chi connectivity index (χ0v) is 8.90. The van der Waals surface area contributed by atoms with E-state index in [0.717, 1.165) is 0 Å². The van der Waals surface area contributed by atoms with Crippen molar-refractivity contribution in [3.8, 4) is 0 Å². The van der Waals surface area contributed by atoms with Crippen molar-refractivity contribution in [2.45, 2.75) is 24.4 Å². The van der Waals surface area contributed by atoms with E-state index in [0.29, 0.717) is 0 Å². The van der Waals surface area contributed by atoms with Crippen LogP contribution in [0, 0.1) is 0 Å². The summed E-state index contributed by atoms with van der Waals surface area (Å²) < 4.78 is 13.7. The number of nitrogens with two attached hydrogens (primary N) is 1. The molecule has 16 heavy (non-hydrogen) atoms. The van der Waals surface area contributed by atoms with Crippen LogP contribution in [0.3, 0.4) is 0 Å². The Morgan fingerprint density at radius 1 is 1.31 bits per heavy atom. The first-order valence-electron chi connectivity index (χ1n) is 4.10. The molecule has 0 saturated heterocycles. The number of hydrogen-bond donors (Lipinski definition) is 4. The van der Waals surface area contributed by atoms with Gasteiger partial charge in [0, 0.05) is 0 Å². The van der Waals surface area contributed by atoms with Crippen LogP contribution in [0.25, 0.3) is 0 Å². The minimum atomic E-state index is -5.27. The Morgan fingerprint density at radius 3 is 2.19 bits per heavy atom. The van der Waals surface area contributed by atoms with E-state index in [-0.39, 0.29) is 6.29 Å². The fourth-order valence-electron chi connectivity index (χ4n) is 0.802.